The van der Waals surface area contributed by atoms with Gasteiger partial charge in [-0.15, -0.1) is 0 Å². The lowest BCUT2D eigenvalue weighted by Crippen LogP contribution is -2.30. The first-order chi connectivity index (χ1) is 5.70. The Morgan fingerprint density at radius 3 is 2.50 bits per heavy atom. The summed E-state index contributed by atoms with van der Waals surface area (Å²) in [5.74, 6) is 0. The number of hydrogen-bond donors (Lipinski definition) is 2. The number of halogens is 1. The molecule has 1 unspecified atom stereocenters. The second kappa shape index (κ2) is 4.30. The fourth-order valence-corrected chi connectivity index (χ4v) is 1.55. The van der Waals surface area contributed by atoms with Gasteiger partial charge in [-0.2, -0.15) is 0 Å². The number of rotatable bonds is 2. The molecular weight excluding hydrogens is 267 g/mol. The van der Waals surface area contributed by atoms with Crippen molar-refractivity contribution in [3.63, 3.8) is 0 Å². The van der Waals surface area contributed by atoms with Crippen molar-refractivity contribution in [2.45, 2.75) is 4.05 Å². The van der Waals surface area contributed by atoms with Gasteiger partial charge in [0.05, 0.1) is 0 Å². The second-order valence-corrected chi connectivity index (χ2v) is 3.53. The number of urea groups is 1. The van der Waals surface area contributed by atoms with E-state index in [-0.39, 0.29) is 4.05 Å². The summed E-state index contributed by atoms with van der Waals surface area (Å²) >= 11 is 2.11. The number of alkyl halides is 1. The van der Waals surface area contributed by atoms with Crippen LogP contribution in [0.1, 0.15) is 9.61 Å². The normalized spacial score (nSPS) is 12.1. The minimum Gasteiger partial charge on any atom is -0.352 e. The van der Waals surface area contributed by atoms with Gasteiger partial charge in [-0.1, -0.05) is 52.9 Å². The molecule has 0 aliphatic rings. The quantitative estimate of drug-likeness (QED) is 0.483. The summed E-state index contributed by atoms with van der Waals surface area (Å²) in [6.07, 6.45) is 0. The van der Waals surface area contributed by atoms with E-state index in [1.165, 1.54) is 0 Å². The van der Waals surface area contributed by atoms with Crippen molar-refractivity contribution >= 4 is 28.6 Å². The predicted molar refractivity (Wildman–Crippen MR) is 55.9 cm³/mol. The van der Waals surface area contributed by atoms with Gasteiger partial charge in [0.2, 0.25) is 0 Å². The summed E-state index contributed by atoms with van der Waals surface area (Å²) in [5.41, 5.74) is 6.01. The van der Waals surface area contributed by atoms with Crippen LogP contribution in [0.25, 0.3) is 0 Å². The van der Waals surface area contributed by atoms with Crippen LogP contribution in [0.5, 0.6) is 0 Å². The molecule has 1 rings (SSSR count). The number of amides is 2. The van der Waals surface area contributed by atoms with Crippen molar-refractivity contribution < 1.29 is 4.79 Å². The van der Waals surface area contributed by atoms with Crippen LogP contribution >= 0.6 is 22.6 Å². The summed E-state index contributed by atoms with van der Waals surface area (Å²) in [6.45, 7) is 0. The summed E-state index contributed by atoms with van der Waals surface area (Å²) in [4.78, 5) is 10.5. The molecule has 3 nitrogen and oxygen atoms in total. The van der Waals surface area contributed by atoms with Crippen LogP contribution in [0.2, 0.25) is 0 Å². The number of hydrogen-bond acceptors (Lipinski definition) is 1. The van der Waals surface area contributed by atoms with Gasteiger partial charge in [0.25, 0.3) is 0 Å². The lowest BCUT2D eigenvalue weighted by atomic mass is 10.2. The molecule has 4 heteroatoms. The Bertz CT molecular complexity index is 263. The third-order valence-corrected chi connectivity index (χ3v) is 2.39. The van der Waals surface area contributed by atoms with E-state index >= 15 is 0 Å². The van der Waals surface area contributed by atoms with Gasteiger partial charge in [-0.05, 0) is 5.56 Å². The Balaban J connectivity index is 2.65. The van der Waals surface area contributed by atoms with Gasteiger partial charge in [0, 0.05) is 0 Å². The fourth-order valence-electron chi connectivity index (χ4n) is 0.830. The van der Waals surface area contributed by atoms with Crippen LogP contribution in [0.3, 0.4) is 0 Å². The van der Waals surface area contributed by atoms with Gasteiger partial charge in [0.15, 0.2) is 0 Å². The highest BCUT2D eigenvalue weighted by Crippen LogP contribution is 2.18. The number of nitrogens with two attached hydrogens (primary N) is 1. The maximum atomic E-state index is 10.5. The van der Waals surface area contributed by atoms with Crippen molar-refractivity contribution in [3.8, 4) is 0 Å². The van der Waals surface area contributed by atoms with E-state index in [0.29, 0.717) is 0 Å². The first-order valence-corrected chi connectivity index (χ1v) is 4.69. The molecule has 0 heterocycles. The van der Waals surface area contributed by atoms with E-state index in [9.17, 15) is 4.79 Å². The summed E-state index contributed by atoms with van der Waals surface area (Å²) in [7, 11) is 0. The molecule has 1 aromatic carbocycles. The highest BCUT2D eigenvalue weighted by atomic mass is 127. The van der Waals surface area contributed by atoms with E-state index < -0.39 is 6.03 Å². The van der Waals surface area contributed by atoms with Gasteiger partial charge < -0.3 is 11.1 Å². The fraction of sp³-hybridized carbons (Fsp3) is 0.125. The van der Waals surface area contributed by atoms with Gasteiger partial charge >= 0.3 is 6.03 Å². The Kier molecular flexibility index (Phi) is 3.33. The number of carbonyl (C=O) groups excluding carboxylic acids is 1. The largest absolute Gasteiger partial charge is 0.352 e. The lowest BCUT2D eigenvalue weighted by molar-refractivity contribution is 0.248. The Morgan fingerprint density at radius 1 is 1.42 bits per heavy atom. The van der Waals surface area contributed by atoms with E-state index in [2.05, 4.69) is 27.9 Å². The molecule has 1 aromatic rings. The summed E-state index contributed by atoms with van der Waals surface area (Å²) in [6, 6.07) is 9.14. The Hall–Kier alpha value is -0.780. The molecule has 1 atom stereocenters. The van der Waals surface area contributed by atoms with Gasteiger partial charge in [-0.25, -0.2) is 4.79 Å². The zero-order valence-corrected chi connectivity index (χ0v) is 8.49. The molecule has 12 heavy (non-hydrogen) atoms. The van der Waals surface area contributed by atoms with Crippen molar-refractivity contribution in [1.82, 2.24) is 5.32 Å². The lowest BCUT2D eigenvalue weighted by Gasteiger charge is -2.09. The van der Waals surface area contributed by atoms with Crippen LogP contribution in [0.15, 0.2) is 30.3 Å². The molecule has 0 saturated heterocycles. The topological polar surface area (TPSA) is 55.1 Å². The average Bonchev–Trinajstić information content (AvgIpc) is 2.05. The number of primary amides is 1. The first-order valence-electron chi connectivity index (χ1n) is 3.45. The Morgan fingerprint density at radius 2 is 2.00 bits per heavy atom. The van der Waals surface area contributed by atoms with Crippen LogP contribution in [0.4, 0.5) is 4.79 Å². The van der Waals surface area contributed by atoms with Crippen molar-refractivity contribution in [2.75, 3.05) is 0 Å². The first kappa shape index (κ1) is 9.31. The molecule has 0 aliphatic carbocycles. The molecule has 2 amide bonds. The summed E-state index contributed by atoms with van der Waals surface area (Å²) < 4.78 is -0.0544. The van der Waals surface area contributed by atoms with Crippen LogP contribution < -0.4 is 11.1 Å². The van der Waals surface area contributed by atoms with E-state index in [1.807, 2.05) is 30.3 Å². The summed E-state index contributed by atoms with van der Waals surface area (Å²) in [5, 5.41) is 2.58. The molecule has 3 N–H and O–H groups in total. The van der Waals surface area contributed by atoms with E-state index in [4.69, 9.17) is 5.73 Å². The molecule has 64 valence electrons. The predicted octanol–water partition coefficient (Wildman–Crippen LogP) is 1.79. The zero-order valence-electron chi connectivity index (χ0n) is 6.33. The standard InChI is InChI=1S/C8H9IN2O/c9-7(11-8(10)12)6-4-2-1-3-5-6/h1-5,7H,(H3,10,11,12). The zero-order chi connectivity index (χ0) is 8.97. The maximum absolute atomic E-state index is 10.5. The van der Waals surface area contributed by atoms with Gasteiger partial charge in [-0.3, -0.25) is 0 Å². The number of nitrogens with one attached hydrogen (secondary N) is 1. The molecule has 0 aromatic heterocycles. The highest BCUT2D eigenvalue weighted by Gasteiger charge is 2.06. The average molecular weight is 276 g/mol. The molecule has 0 bridgehead atoms. The van der Waals surface area contributed by atoms with Crippen LogP contribution in [-0.2, 0) is 0 Å². The SMILES string of the molecule is NC(=O)NC(I)c1ccccc1. The minimum atomic E-state index is -0.502. The van der Waals surface area contributed by atoms with Crippen molar-refractivity contribution in [3.05, 3.63) is 35.9 Å². The molecule has 0 radical (unpaired) electrons. The molecule has 0 saturated carbocycles. The van der Waals surface area contributed by atoms with Crippen LogP contribution in [0, 0.1) is 0 Å². The molecular formula is C8H9IN2O. The second-order valence-electron chi connectivity index (χ2n) is 2.28. The van der Waals surface area contributed by atoms with E-state index in [0.717, 1.165) is 5.56 Å². The Labute approximate surface area is 84.5 Å². The third-order valence-electron chi connectivity index (χ3n) is 1.36. The minimum absolute atomic E-state index is 0.0544. The van der Waals surface area contributed by atoms with Gasteiger partial charge in [0.1, 0.15) is 4.05 Å². The monoisotopic (exact) mass is 276 g/mol. The molecule has 0 aliphatic heterocycles. The maximum Gasteiger partial charge on any atom is 0.313 e. The molecule has 0 spiro atoms. The van der Waals surface area contributed by atoms with Crippen molar-refractivity contribution in [1.29, 1.82) is 0 Å². The smallest absolute Gasteiger partial charge is 0.313 e. The van der Waals surface area contributed by atoms with E-state index in [1.54, 1.807) is 0 Å². The number of carbonyl (C=O) groups is 1. The third kappa shape index (κ3) is 2.69. The highest BCUT2D eigenvalue weighted by molar-refractivity contribution is 14.1. The van der Waals surface area contributed by atoms with Crippen LogP contribution in [-0.4, -0.2) is 6.03 Å². The number of benzene rings is 1. The molecule has 0 fully saturated rings. The van der Waals surface area contributed by atoms with Crippen molar-refractivity contribution in [2.24, 2.45) is 5.73 Å².